The van der Waals surface area contributed by atoms with Gasteiger partial charge in [0.05, 0.1) is 27.0 Å². The molecule has 0 unspecified atom stereocenters. The number of rotatable bonds is 8. The second kappa shape index (κ2) is 11.0. The van der Waals surface area contributed by atoms with Gasteiger partial charge in [-0.2, -0.15) is 0 Å². The first kappa shape index (κ1) is 24.1. The standard InChI is InChI=1S/C28H36N2O4/c1-29-22-12-10-19-16-25(32-2)27(33-3)28(34-4)26(19)20-11-13-23(24(31)17-21(20)22)30-15-14-18-8-6-5-7-9-18/h8,11,13,16-17,22,29H,5-7,9-10,12,14-15H2,1-4H3,(H,30,31)/t22-/m1/s1. The summed E-state index contributed by atoms with van der Waals surface area (Å²) in [6.45, 7) is 0.760. The molecule has 2 aromatic rings. The van der Waals surface area contributed by atoms with Gasteiger partial charge in [-0.3, -0.25) is 4.79 Å². The van der Waals surface area contributed by atoms with Crippen LogP contribution in [0.15, 0.2) is 40.7 Å². The van der Waals surface area contributed by atoms with Crippen LogP contribution >= 0.6 is 0 Å². The van der Waals surface area contributed by atoms with Crippen LogP contribution in [0.2, 0.25) is 0 Å². The fraction of sp³-hybridized carbons (Fsp3) is 0.464. The van der Waals surface area contributed by atoms with Crippen LogP contribution in [0.1, 0.15) is 55.7 Å². The van der Waals surface area contributed by atoms with Crippen molar-refractivity contribution in [2.45, 2.75) is 51.0 Å². The van der Waals surface area contributed by atoms with E-state index in [1.807, 2.05) is 25.2 Å². The van der Waals surface area contributed by atoms with Gasteiger partial charge in [0.25, 0.3) is 0 Å². The summed E-state index contributed by atoms with van der Waals surface area (Å²) in [5.74, 6) is 1.84. The van der Waals surface area contributed by atoms with Crippen LogP contribution < -0.4 is 30.3 Å². The molecule has 4 rings (SSSR count). The van der Waals surface area contributed by atoms with Crippen LogP contribution in [-0.4, -0.2) is 34.9 Å². The lowest BCUT2D eigenvalue weighted by atomic mass is 9.95. The molecule has 6 nitrogen and oxygen atoms in total. The molecule has 0 fully saturated rings. The summed E-state index contributed by atoms with van der Waals surface area (Å²) < 4.78 is 17.1. The Bertz CT molecular complexity index is 1130. The molecule has 0 bridgehead atoms. The molecule has 0 saturated carbocycles. The molecule has 0 radical (unpaired) electrons. The quantitative estimate of drug-likeness (QED) is 0.520. The van der Waals surface area contributed by atoms with Crippen molar-refractivity contribution in [3.05, 3.63) is 57.3 Å². The van der Waals surface area contributed by atoms with E-state index in [0.29, 0.717) is 22.9 Å². The average Bonchev–Trinajstić information content (AvgIpc) is 3.11. The van der Waals surface area contributed by atoms with Crippen LogP contribution in [0, 0.1) is 0 Å². The molecule has 0 spiro atoms. The van der Waals surface area contributed by atoms with Gasteiger partial charge < -0.3 is 24.8 Å². The first-order valence-electron chi connectivity index (χ1n) is 12.2. The van der Waals surface area contributed by atoms with Crippen molar-refractivity contribution < 1.29 is 14.2 Å². The van der Waals surface area contributed by atoms with E-state index in [0.717, 1.165) is 48.1 Å². The lowest BCUT2D eigenvalue weighted by Gasteiger charge is -2.19. The Balaban J connectivity index is 1.79. The molecule has 2 aromatic carbocycles. The van der Waals surface area contributed by atoms with Gasteiger partial charge in [-0.15, -0.1) is 0 Å². The molecule has 6 heteroatoms. The van der Waals surface area contributed by atoms with Crippen LogP contribution in [-0.2, 0) is 6.42 Å². The largest absolute Gasteiger partial charge is 0.493 e. The van der Waals surface area contributed by atoms with Crippen LogP contribution in [0.5, 0.6) is 17.2 Å². The molecular weight excluding hydrogens is 428 g/mol. The van der Waals surface area contributed by atoms with Gasteiger partial charge in [0.2, 0.25) is 11.2 Å². The fourth-order valence-electron chi connectivity index (χ4n) is 5.25. The minimum atomic E-state index is 0.00187. The number of allylic oxidation sites excluding steroid dienone is 1. The third-order valence-corrected chi connectivity index (χ3v) is 7.03. The van der Waals surface area contributed by atoms with Gasteiger partial charge in [-0.25, -0.2) is 0 Å². The van der Waals surface area contributed by atoms with Crippen LogP contribution in [0.3, 0.4) is 0 Å². The molecule has 182 valence electrons. The first-order valence-corrected chi connectivity index (χ1v) is 12.2. The van der Waals surface area contributed by atoms with Crippen LogP contribution in [0.25, 0.3) is 11.1 Å². The third-order valence-electron chi connectivity index (χ3n) is 7.03. The van der Waals surface area contributed by atoms with E-state index in [1.165, 1.54) is 31.3 Å². The monoisotopic (exact) mass is 464 g/mol. The molecule has 1 atom stereocenters. The summed E-state index contributed by atoms with van der Waals surface area (Å²) in [7, 11) is 6.84. The second-order valence-corrected chi connectivity index (χ2v) is 8.97. The van der Waals surface area contributed by atoms with E-state index in [9.17, 15) is 4.79 Å². The van der Waals surface area contributed by atoms with Crippen molar-refractivity contribution in [2.75, 3.05) is 40.2 Å². The smallest absolute Gasteiger partial charge is 0.203 e. The summed E-state index contributed by atoms with van der Waals surface area (Å²) in [5.41, 5.74) is 6.15. The van der Waals surface area contributed by atoms with Gasteiger partial charge in [-0.05, 0) is 86.9 Å². The van der Waals surface area contributed by atoms with Gasteiger partial charge in [-0.1, -0.05) is 17.7 Å². The summed E-state index contributed by atoms with van der Waals surface area (Å²) >= 11 is 0. The van der Waals surface area contributed by atoms with Crippen molar-refractivity contribution in [1.82, 2.24) is 5.32 Å². The van der Waals surface area contributed by atoms with E-state index in [-0.39, 0.29) is 11.5 Å². The third kappa shape index (κ3) is 4.78. The fourth-order valence-corrected chi connectivity index (χ4v) is 5.25. The van der Waals surface area contributed by atoms with Crippen molar-refractivity contribution in [3.8, 4) is 28.4 Å². The molecule has 0 aliphatic heterocycles. The number of ether oxygens (including phenoxy) is 3. The maximum Gasteiger partial charge on any atom is 0.203 e. The zero-order chi connectivity index (χ0) is 24.1. The topological polar surface area (TPSA) is 68.8 Å². The lowest BCUT2D eigenvalue weighted by molar-refractivity contribution is 0.324. The highest BCUT2D eigenvalue weighted by Crippen LogP contribution is 2.50. The highest BCUT2D eigenvalue weighted by atomic mass is 16.5. The minimum Gasteiger partial charge on any atom is -0.493 e. The number of anilines is 1. The number of fused-ring (bicyclic) bond motifs is 3. The second-order valence-electron chi connectivity index (χ2n) is 8.97. The normalized spacial score (nSPS) is 17.1. The van der Waals surface area contributed by atoms with Gasteiger partial charge in [0.15, 0.2) is 11.5 Å². The Morgan fingerprint density at radius 1 is 1.00 bits per heavy atom. The van der Waals surface area contributed by atoms with Crippen molar-refractivity contribution in [2.24, 2.45) is 0 Å². The molecule has 34 heavy (non-hydrogen) atoms. The number of aryl methyl sites for hydroxylation is 1. The van der Waals surface area contributed by atoms with Gasteiger partial charge in [0, 0.05) is 18.2 Å². The Kier molecular flexibility index (Phi) is 7.78. The van der Waals surface area contributed by atoms with Gasteiger partial charge in [0.1, 0.15) is 0 Å². The predicted molar refractivity (Wildman–Crippen MR) is 138 cm³/mol. The number of methoxy groups -OCH3 is 3. The zero-order valence-corrected chi connectivity index (χ0v) is 20.8. The predicted octanol–water partition coefficient (Wildman–Crippen LogP) is 5.25. The summed E-state index contributed by atoms with van der Waals surface area (Å²) in [5, 5.41) is 6.80. The molecular formula is C28H36N2O4. The van der Waals surface area contributed by atoms with E-state index >= 15 is 0 Å². The molecule has 0 saturated heterocycles. The molecule has 0 aromatic heterocycles. The van der Waals surface area contributed by atoms with E-state index in [4.69, 9.17) is 14.2 Å². The summed E-state index contributed by atoms with van der Waals surface area (Å²) in [4.78, 5) is 13.3. The molecule has 2 aliphatic carbocycles. The minimum absolute atomic E-state index is 0.00187. The van der Waals surface area contributed by atoms with Crippen molar-refractivity contribution >= 4 is 5.69 Å². The Labute approximate surface area is 202 Å². The molecule has 0 amide bonds. The van der Waals surface area contributed by atoms with Gasteiger partial charge >= 0.3 is 0 Å². The van der Waals surface area contributed by atoms with Crippen LogP contribution in [0.4, 0.5) is 5.69 Å². The lowest BCUT2D eigenvalue weighted by Crippen LogP contribution is -2.18. The number of benzene rings is 1. The number of nitrogens with one attached hydrogen (secondary N) is 2. The molecule has 2 aliphatic rings. The Morgan fingerprint density at radius 2 is 1.82 bits per heavy atom. The van der Waals surface area contributed by atoms with E-state index < -0.39 is 0 Å². The molecule has 0 heterocycles. The Morgan fingerprint density at radius 3 is 2.50 bits per heavy atom. The average molecular weight is 465 g/mol. The number of hydrogen-bond acceptors (Lipinski definition) is 6. The van der Waals surface area contributed by atoms with Crippen molar-refractivity contribution in [3.63, 3.8) is 0 Å². The summed E-state index contributed by atoms with van der Waals surface area (Å²) in [6.07, 6.45) is 9.93. The maximum absolute atomic E-state index is 13.3. The SMILES string of the molecule is CN[C@@H]1CCc2cc(OC)c(OC)c(OC)c2-c2ccc(NCCC3=CCCCC3)c(=O)cc21. The van der Waals surface area contributed by atoms with Crippen molar-refractivity contribution in [1.29, 1.82) is 0 Å². The summed E-state index contributed by atoms with van der Waals surface area (Å²) in [6, 6.07) is 7.81. The zero-order valence-electron chi connectivity index (χ0n) is 20.8. The molecule has 2 N–H and O–H groups in total. The van der Waals surface area contributed by atoms with E-state index in [1.54, 1.807) is 27.4 Å². The van der Waals surface area contributed by atoms with E-state index in [2.05, 4.69) is 16.7 Å². The highest BCUT2D eigenvalue weighted by molar-refractivity contribution is 5.83. The Hall–Kier alpha value is -2.99. The first-order chi connectivity index (χ1) is 16.6. The number of hydrogen-bond donors (Lipinski definition) is 2. The maximum atomic E-state index is 13.3. The highest BCUT2D eigenvalue weighted by Gasteiger charge is 2.28.